The van der Waals surface area contributed by atoms with Crippen molar-refractivity contribution in [1.82, 2.24) is 10.6 Å². The van der Waals surface area contributed by atoms with Crippen LogP contribution >= 0.6 is 0 Å². The van der Waals surface area contributed by atoms with Crippen LogP contribution in [0.25, 0.3) is 0 Å². The molecule has 0 saturated heterocycles. The average Bonchev–Trinajstić information content (AvgIpc) is 2.24. The van der Waals surface area contributed by atoms with E-state index >= 15 is 0 Å². The zero-order valence-electron chi connectivity index (χ0n) is 12.4. The molecule has 0 aliphatic heterocycles. The molecule has 0 fully saturated rings. The number of ether oxygens (including phenoxy) is 1. The Morgan fingerprint density at radius 3 is 2.37 bits per heavy atom. The summed E-state index contributed by atoms with van der Waals surface area (Å²) in [6.07, 6.45) is 0.656. The van der Waals surface area contributed by atoms with E-state index < -0.39 is 17.6 Å². The van der Waals surface area contributed by atoms with Crippen molar-refractivity contribution in [2.75, 3.05) is 20.2 Å². The van der Waals surface area contributed by atoms with Crippen LogP contribution in [0.5, 0.6) is 0 Å². The van der Waals surface area contributed by atoms with Gasteiger partial charge in [0.15, 0.2) is 0 Å². The lowest BCUT2D eigenvalue weighted by Gasteiger charge is -2.26. The molecule has 2 unspecified atom stereocenters. The fourth-order valence-corrected chi connectivity index (χ4v) is 2.02. The Bertz CT molecular complexity index is 303. The molecule has 1 amide bonds. The number of esters is 1. The maximum Gasteiger partial charge on any atom is 0.329 e. The van der Waals surface area contributed by atoms with Crippen LogP contribution in [-0.2, 0) is 14.3 Å². The quantitative estimate of drug-likeness (QED) is 0.544. The zero-order chi connectivity index (χ0) is 15.1. The molecule has 0 aromatic heterocycles. The molecule has 6 heteroatoms. The Hall–Kier alpha value is -1.14. The van der Waals surface area contributed by atoms with Gasteiger partial charge < -0.3 is 20.5 Å². The summed E-state index contributed by atoms with van der Waals surface area (Å²) in [5.74, 6) is -0.430. The van der Waals surface area contributed by atoms with Crippen LogP contribution in [0, 0.1) is 5.92 Å². The first-order valence-electron chi connectivity index (χ1n) is 6.46. The molecule has 0 bridgehead atoms. The molecule has 0 radical (unpaired) electrons. The van der Waals surface area contributed by atoms with Crippen molar-refractivity contribution in [2.24, 2.45) is 5.92 Å². The number of nitrogens with one attached hydrogen (secondary N) is 2. The lowest BCUT2D eigenvalue weighted by molar-refractivity contribution is -0.144. The second-order valence-electron chi connectivity index (χ2n) is 5.50. The SMILES string of the molecule is COC(=O)C(CNCC(C)(O)CC(C)C)NC(C)=O. The summed E-state index contributed by atoms with van der Waals surface area (Å²) < 4.78 is 4.60. The van der Waals surface area contributed by atoms with Crippen molar-refractivity contribution >= 4 is 11.9 Å². The van der Waals surface area contributed by atoms with E-state index in [9.17, 15) is 14.7 Å². The maximum absolute atomic E-state index is 11.4. The fourth-order valence-electron chi connectivity index (χ4n) is 2.02. The van der Waals surface area contributed by atoms with E-state index in [1.54, 1.807) is 6.92 Å². The molecule has 0 saturated carbocycles. The van der Waals surface area contributed by atoms with Gasteiger partial charge in [-0.1, -0.05) is 13.8 Å². The van der Waals surface area contributed by atoms with E-state index in [4.69, 9.17) is 0 Å². The number of hydrogen-bond donors (Lipinski definition) is 3. The molecule has 6 nitrogen and oxygen atoms in total. The summed E-state index contributed by atoms with van der Waals surface area (Å²) in [6, 6.07) is -0.739. The first kappa shape index (κ1) is 17.9. The van der Waals surface area contributed by atoms with E-state index in [0.29, 0.717) is 18.9 Å². The van der Waals surface area contributed by atoms with Gasteiger partial charge in [-0.25, -0.2) is 4.79 Å². The van der Waals surface area contributed by atoms with Gasteiger partial charge in [-0.05, 0) is 19.3 Å². The van der Waals surface area contributed by atoms with Crippen LogP contribution < -0.4 is 10.6 Å². The minimum atomic E-state index is -0.842. The number of hydrogen-bond acceptors (Lipinski definition) is 5. The first-order chi connectivity index (χ1) is 8.68. The molecule has 19 heavy (non-hydrogen) atoms. The summed E-state index contributed by atoms with van der Waals surface area (Å²) in [6.45, 7) is 7.71. The zero-order valence-corrected chi connectivity index (χ0v) is 12.4. The van der Waals surface area contributed by atoms with Crippen molar-refractivity contribution in [3.63, 3.8) is 0 Å². The molecule has 0 heterocycles. The van der Waals surface area contributed by atoms with Crippen molar-refractivity contribution in [3.8, 4) is 0 Å². The summed E-state index contributed by atoms with van der Waals surface area (Å²) in [7, 11) is 1.27. The minimum absolute atomic E-state index is 0.223. The lowest BCUT2D eigenvalue weighted by atomic mass is 9.94. The van der Waals surface area contributed by atoms with Gasteiger partial charge in [0.2, 0.25) is 5.91 Å². The topological polar surface area (TPSA) is 87.7 Å². The number of carbonyl (C=O) groups is 2. The Kier molecular flexibility index (Phi) is 7.63. The second-order valence-corrected chi connectivity index (χ2v) is 5.50. The van der Waals surface area contributed by atoms with Crippen LogP contribution in [0.2, 0.25) is 0 Å². The highest BCUT2D eigenvalue weighted by Crippen LogP contribution is 2.14. The van der Waals surface area contributed by atoms with Crippen LogP contribution in [0.3, 0.4) is 0 Å². The van der Waals surface area contributed by atoms with E-state index in [1.807, 2.05) is 13.8 Å². The van der Waals surface area contributed by atoms with Gasteiger partial charge in [-0.2, -0.15) is 0 Å². The number of amides is 1. The van der Waals surface area contributed by atoms with E-state index in [1.165, 1.54) is 14.0 Å². The van der Waals surface area contributed by atoms with Crippen LogP contribution in [0.4, 0.5) is 0 Å². The smallest absolute Gasteiger partial charge is 0.329 e. The average molecular weight is 274 g/mol. The number of carbonyl (C=O) groups excluding carboxylic acids is 2. The highest BCUT2D eigenvalue weighted by molar-refractivity contribution is 5.83. The molecule has 0 aromatic rings. The van der Waals surface area contributed by atoms with Crippen molar-refractivity contribution < 1.29 is 19.4 Å². The molecule has 0 rings (SSSR count). The standard InChI is InChI=1S/C13H26N2O4/c1-9(2)6-13(4,18)8-14-7-11(12(17)19-5)15-10(3)16/h9,11,14,18H,6-8H2,1-5H3,(H,15,16). The molecular formula is C13H26N2O4. The van der Waals surface area contributed by atoms with Gasteiger partial charge in [-0.15, -0.1) is 0 Å². The van der Waals surface area contributed by atoms with Crippen molar-refractivity contribution in [2.45, 2.75) is 45.8 Å². The molecule has 112 valence electrons. The van der Waals surface area contributed by atoms with Gasteiger partial charge in [-0.3, -0.25) is 4.79 Å². The molecule has 0 spiro atoms. The van der Waals surface area contributed by atoms with E-state index in [0.717, 1.165) is 0 Å². The number of aliphatic hydroxyl groups is 1. The van der Waals surface area contributed by atoms with E-state index in [-0.39, 0.29) is 12.5 Å². The molecule has 3 N–H and O–H groups in total. The maximum atomic E-state index is 11.4. The minimum Gasteiger partial charge on any atom is -0.467 e. The van der Waals surface area contributed by atoms with Crippen LogP contribution in [0.15, 0.2) is 0 Å². The summed E-state index contributed by atoms with van der Waals surface area (Å²) >= 11 is 0. The van der Waals surface area contributed by atoms with Gasteiger partial charge in [0.25, 0.3) is 0 Å². The van der Waals surface area contributed by atoms with E-state index in [2.05, 4.69) is 15.4 Å². The summed E-state index contributed by atoms with van der Waals surface area (Å²) in [5.41, 5.74) is -0.842. The highest BCUT2D eigenvalue weighted by atomic mass is 16.5. The van der Waals surface area contributed by atoms with Crippen LogP contribution in [-0.4, -0.2) is 48.8 Å². The molecule has 0 aliphatic carbocycles. The molecule has 0 aromatic carbocycles. The molecular weight excluding hydrogens is 248 g/mol. The number of rotatable bonds is 8. The molecule has 0 aliphatic rings. The number of methoxy groups -OCH3 is 1. The third-order valence-corrected chi connectivity index (χ3v) is 2.57. The van der Waals surface area contributed by atoms with Gasteiger partial charge in [0.1, 0.15) is 6.04 Å². The monoisotopic (exact) mass is 274 g/mol. The first-order valence-corrected chi connectivity index (χ1v) is 6.46. The second kappa shape index (κ2) is 8.12. The Morgan fingerprint density at radius 1 is 1.37 bits per heavy atom. The van der Waals surface area contributed by atoms with Gasteiger partial charge in [0.05, 0.1) is 12.7 Å². The Balaban J connectivity index is 4.25. The molecule has 2 atom stereocenters. The van der Waals surface area contributed by atoms with Crippen molar-refractivity contribution in [1.29, 1.82) is 0 Å². The lowest BCUT2D eigenvalue weighted by Crippen LogP contribution is -2.50. The fraction of sp³-hybridized carbons (Fsp3) is 0.846. The highest BCUT2D eigenvalue weighted by Gasteiger charge is 2.24. The van der Waals surface area contributed by atoms with Crippen molar-refractivity contribution in [3.05, 3.63) is 0 Å². The third kappa shape index (κ3) is 8.56. The third-order valence-electron chi connectivity index (χ3n) is 2.57. The predicted octanol–water partition coefficient (Wildman–Crippen LogP) is 0.0508. The Morgan fingerprint density at radius 2 is 1.95 bits per heavy atom. The van der Waals surface area contributed by atoms with Gasteiger partial charge in [0, 0.05) is 20.0 Å². The van der Waals surface area contributed by atoms with Crippen LogP contribution in [0.1, 0.15) is 34.1 Å². The largest absolute Gasteiger partial charge is 0.467 e. The Labute approximate surface area is 114 Å². The predicted molar refractivity (Wildman–Crippen MR) is 72.6 cm³/mol. The summed E-state index contributed by atoms with van der Waals surface area (Å²) in [5, 5.41) is 15.6. The van der Waals surface area contributed by atoms with Gasteiger partial charge >= 0.3 is 5.97 Å². The summed E-state index contributed by atoms with van der Waals surface area (Å²) in [4.78, 5) is 22.4. The normalized spacial score (nSPS) is 15.7.